The number of aliphatic hydroxyl groups is 1. The number of amides is 1. The minimum Gasteiger partial charge on any atom is -0.378 e. The predicted octanol–water partition coefficient (Wildman–Crippen LogP) is 1.25. The van der Waals surface area contributed by atoms with Crippen molar-refractivity contribution in [2.24, 2.45) is 12.0 Å². The third kappa shape index (κ3) is 2.69. The van der Waals surface area contributed by atoms with Crippen LogP contribution in [0.1, 0.15) is 11.7 Å². The molecule has 0 bridgehead atoms. The summed E-state index contributed by atoms with van der Waals surface area (Å²) in [6.07, 6.45) is 0.615. The maximum absolute atomic E-state index is 11.7. The summed E-state index contributed by atoms with van der Waals surface area (Å²) < 4.78 is 1.74. The molecule has 0 spiro atoms. The van der Waals surface area contributed by atoms with Gasteiger partial charge in [0.1, 0.15) is 0 Å². The number of hydrogen-bond acceptors (Lipinski definition) is 3. The van der Waals surface area contributed by atoms with Gasteiger partial charge in [0.15, 0.2) is 10.9 Å². The topological polar surface area (TPSA) is 54.6 Å². The van der Waals surface area contributed by atoms with Gasteiger partial charge in [-0.3, -0.25) is 4.79 Å². The van der Waals surface area contributed by atoms with Crippen LogP contribution in [0, 0.1) is 0 Å². The molecule has 1 heterocycles. The fourth-order valence-corrected chi connectivity index (χ4v) is 2.10. The van der Waals surface area contributed by atoms with Gasteiger partial charge in [0.2, 0.25) is 0 Å². The largest absolute Gasteiger partial charge is 0.378 e. The summed E-state index contributed by atoms with van der Waals surface area (Å²) in [6.45, 7) is 0. The van der Waals surface area contributed by atoms with Crippen molar-refractivity contribution in [1.29, 1.82) is 0 Å². The van der Waals surface area contributed by atoms with Crippen LogP contribution in [0.3, 0.4) is 0 Å². The molecule has 1 atom stereocenters. The molecule has 1 N–H and O–H groups in total. The quantitative estimate of drug-likeness (QED) is 0.869. The first-order chi connectivity index (χ1) is 8.18. The van der Waals surface area contributed by atoms with Crippen LogP contribution in [-0.2, 0) is 11.8 Å². The van der Waals surface area contributed by atoms with Gasteiger partial charge in [-0.25, -0.2) is 0 Å². The first-order valence-corrected chi connectivity index (χ1v) is 5.98. The van der Waals surface area contributed by atoms with Crippen LogP contribution in [0.15, 0.2) is 46.9 Å². The molecule has 1 amide bonds. The van der Waals surface area contributed by atoms with Gasteiger partial charge in [-0.2, -0.15) is 4.99 Å². The van der Waals surface area contributed by atoms with Crippen molar-refractivity contribution in [1.82, 2.24) is 4.57 Å². The number of hydrogen-bond donors (Lipinski definition) is 1. The van der Waals surface area contributed by atoms with E-state index >= 15 is 0 Å². The molecule has 0 aliphatic rings. The average molecular weight is 248 g/mol. The standard InChI is InChI=1S/C12H12N2O2S/c1-14-7-8-17-12(14)13-11(16)10(15)9-5-3-2-4-6-9/h2-8,10,15H,1H3/t10-/m1/s1. The summed E-state index contributed by atoms with van der Waals surface area (Å²) >= 11 is 1.35. The highest BCUT2D eigenvalue weighted by atomic mass is 32.1. The van der Waals surface area contributed by atoms with Crippen molar-refractivity contribution < 1.29 is 9.90 Å². The van der Waals surface area contributed by atoms with Crippen LogP contribution in [0.25, 0.3) is 0 Å². The molecule has 0 aliphatic heterocycles. The van der Waals surface area contributed by atoms with E-state index in [0.29, 0.717) is 10.4 Å². The molecule has 5 heteroatoms. The lowest BCUT2D eigenvalue weighted by Gasteiger charge is -2.05. The van der Waals surface area contributed by atoms with Gasteiger partial charge in [0, 0.05) is 18.6 Å². The van der Waals surface area contributed by atoms with Gasteiger partial charge in [-0.15, -0.1) is 11.3 Å². The van der Waals surface area contributed by atoms with E-state index in [0.717, 1.165) is 0 Å². The summed E-state index contributed by atoms with van der Waals surface area (Å²) in [7, 11) is 1.80. The van der Waals surface area contributed by atoms with Crippen molar-refractivity contribution >= 4 is 17.2 Å². The maximum Gasteiger partial charge on any atom is 0.281 e. The van der Waals surface area contributed by atoms with Crippen molar-refractivity contribution in [3.05, 3.63) is 52.3 Å². The van der Waals surface area contributed by atoms with E-state index in [2.05, 4.69) is 4.99 Å². The van der Waals surface area contributed by atoms with E-state index in [1.807, 2.05) is 17.6 Å². The van der Waals surface area contributed by atoms with Crippen LogP contribution in [-0.4, -0.2) is 15.6 Å². The number of carbonyl (C=O) groups is 1. The van der Waals surface area contributed by atoms with E-state index in [1.165, 1.54) is 11.3 Å². The Bertz CT molecular complexity index is 571. The number of carbonyl (C=O) groups excluding carboxylic acids is 1. The Labute approximate surface area is 103 Å². The Morgan fingerprint density at radius 3 is 2.71 bits per heavy atom. The zero-order valence-corrected chi connectivity index (χ0v) is 10.1. The molecule has 2 aromatic rings. The van der Waals surface area contributed by atoms with E-state index in [4.69, 9.17) is 0 Å². The average Bonchev–Trinajstić information content (AvgIpc) is 2.75. The van der Waals surface area contributed by atoms with Crippen molar-refractivity contribution in [2.45, 2.75) is 6.10 Å². The smallest absolute Gasteiger partial charge is 0.281 e. The summed E-state index contributed by atoms with van der Waals surface area (Å²) in [5.74, 6) is -0.547. The molecule has 88 valence electrons. The van der Waals surface area contributed by atoms with E-state index in [1.54, 1.807) is 35.9 Å². The number of nitrogens with zero attached hydrogens (tertiary/aromatic N) is 2. The Kier molecular flexibility index (Phi) is 3.51. The molecular weight excluding hydrogens is 236 g/mol. The summed E-state index contributed by atoms with van der Waals surface area (Å²) in [5.41, 5.74) is 0.556. The summed E-state index contributed by atoms with van der Waals surface area (Å²) in [4.78, 5) is 16.2. The highest BCUT2D eigenvalue weighted by molar-refractivity contribution is 7.07. The Balaban J connectivity index is 2.26. The molecule has 0 fully saturated rings. The SMILES string of the molecule is Cn1ccsc1=NC(=O)[C@H](O)c1ccccc1. The molecule has 0 saturated carbocycles. The van der Waals surface area contributed by atoms with Gasteiger partial charge in [0.05, 0.1) is 0 Å². The summed E-state index contributed by atoms with van der Waals surface area (Å²) in [6, 6.07) is 8.78. The molecular formula is C12H12N2O2S. The fourth-order valence-electron chi connectivity index (χ4n) is 1.37. The predicted molar refractivity (Wildman–Crippen MR) is 65.3 cm³/mol. The van der Waals surface area contributed by atoms with E-state index in [-0.39, 0.29) is 0 Å². The number of rotatable bonds is 2. The second-order valence-electron chi connectivity index (χ2n) is 3.56. The molecule has 0 radical (unpaired) electrons. The van der Waals surface area contributed by atoms with Gasteiger partial charge < -0.3 is 9.67 Å². The van der Waals surface area contributed by atoms with Crippen LogP contribution >= 0.6 is 11.3 Å². The monoisotopic (exact) mass is 248 g/mol. The highest BCUT2D eigenvalue weighted by Crippen LogP contribution is 2.13. The lowest BCUT2D eigenvalue weighted by molar-refractivity contribution is -0.126. The van der Waals surface area contributed by atoms with Crippen molar-refractivity contribution in [3.8, 4) is 0 Å². The lowest BCUT2D eigenvalue weighted by atomic mass is 10.1. The maximum atomic E-state index is 11.7. The molecule has 0 unspecified atom stereocenters. The molecule has 2 rings (SSSR count). The van der Waals surface area contributed by atoms with E-state index in [9.17, 15) is 9.90 Å². The molecule has 1 aromatic heterocycles. The Morgan fingerprint density at radius 2 is 2.12 bits per heavy atom. The lowest BCUT2D eigenvalue weighted by Crippen LogP contribution is -2.17. The normalized spacial score (nSPS) is 13.6. The minimum absolute atomic E-state index is 0.547. The molecule has 1 aromatic carbocycles. The van der Waals surface area contributed by atoms with Gasteiger partial charge in [-0.05, 0) is 5.56 Å². The van der Waals surface area contributed by atoms with Gasteiger partial charge >= 0.3 is 0 Å². The minimum atomic E-state index is -1.20. The second kappa shape index (κ2) is 5.07. The molecule has 17 heavy (non-hydrogen) atoms. The van der Waals surface area contributed by atoms with Crippen LogP contribution in [0.2, 0.25) is 0 Å². The number of aromatic nitrogens is 1. The molecule has 0 saturated heterocycles. The number of aryl methyl sites for hydroxylation is 1. The number of thiazole rings is 1. The Hall–Kier alpha value is -1.72. The molecule has 0 aliphatic carbocycles. The zero-order valence-electron chi connectivity index (χ0n) is 9.28. The van der Waals surface area contributed by atoms with Gasteiger partial charge in [-0.1, -0.05) is 30.3 Å². The fraction of sp³-hybridized carbons (Fsp3) is 0.167. The second-order valence-corrected chi connectivity index (χ2v) is 4.43. The van der Waals surface area contributed by atoms with Crippen molar-refractivity contribution in [3.63, 3.8) is 0 Å². The van der Waals surface area contributed by atoms with Crippen LogP contribution < -0.4 is 4.80 Å². The van der Waals surface area contributed by atoms with Crippen molar-refractivity contribution in [2.75, 3.05) is 0 Å². The first-order valence-electron chi connectivity index (χ1n) is 5.10. The van der Waals surface area contributed by atoms with E-state index < -0.39 is 12.0 Å². The van der Waals surface area contributed by atoms with Crippen LogP contribution in [0.4, 0.5) is 0 Å². The Morgan fingerprint density at radius 1 is 1.41 bits per heavy atom. The van der Waals surface area contributed by atoms with Crippen LogP contribution in [0.5, 0.6) is 0 Å². The zero-order chi connectivity index (χ0) is 12.3. The third-order valence-corrected chi connectivity index (χ3v) is 3.16. The molecule has 4 nitrogen and oxygen atoms in total. The third-order valence-electron chi connectivity index (χ3n) is 2.31. The van der Waals surface area contributed by atoms with Gasteiger partial charge in [0.25, 0.3) is 5.91 Å². The number of aliphatic hydroxyl groups excluding tert-OH is 1. The number of benzene rings is 1. The first kappa shape index (κ1) is 11.8. The summed E-state index contributed by atoms with van der Waals surface area (Å²) in [5, 5.41) is 11.7. The highest BCUT2D eigenvalue weighted by Gasteiger charge is 2.16.